The molecule has 1 aliphatic carbocycles. The number of rotatable bonds is 7. The highest BCUT2D eigenvalue weighted by Gasteiger charge is 2.39. The fourth-order valence-electron chi connectivity index (χ4n) is 7.41. The van der Waals surface area contributed by atoms with Crippen molar-refractivity contribution in [2.75, 3.05) is 7.05 Å². The maximum atomic E-state index is 13.6. The number of fused-ring (bicyclic) bond motifs is 3. The Morgan fingerprint density at radius 3 is 2.46 bits per heavy atom. The SMILES string of the molecule is CN1C2CCC1CC(Oc1ccc(-c3n[nH]c4ccc(C(=O)NC(c5ccccc5Cl)C5CCCC5)cc34)cc1)C2. The normalized spacial score (nSPS) is 23.6. The first kappa shape index (κ1) is 26.5. The van der Waals surface area contributed by atoms with Gasteiger partial charge in [0.25, 0.3) is 5.91 Å². The summed E-state index contributed by atoms with van der Waals surface area (Å²) in [4.78, 5) is 16.1. The van der Waals surface area contributed by atoms with E-state index in [9.17, 15) is 4.79 Å². The van der Waals surface area contributed by atoms with E-state index >= 15 is 0 Å². The van der Waals surface area contributed by atoms with E-state index in [1.807, 2.05) is 54.6 Å². The van der Waals surface area contributed by atoms with Crippen LogP contribution >= 0.6 is 11.6 Å². The van der Waals surface area contributed by atoms with Crippen molar-refractivity contribution in [3.63, 3.8) is 0 Å². The topological polar surface area (TPSA) is 70.2 Å². The molecule has 7 rings (SSSR count). The van der Waals surface area contributed by atoms with Crippen LogP contribution in [0.4, 0.5) is 0 Å². The highest BCUT2D eigenvalue weighted by atomic mass is 35.5. The van der Waals surface area contributed by atoms with E-state index in [-0.39, 0.29) is 18.1 Å². The van der Waals surface area contributed by atoms with Crippen molar-refractivity contribution >= 4 is 28.4 Å². The lowest BCUT2D eigenvalue weighted by atomic mass is 9.91. The van der Waals surface area contributed by atoms with E-state index in [0.717, 1.165) is 59.2 Å². The molecule has 2 aliphatic heterocycles. The second-order valence-electron chi connectivity index (χ2n) is 12.1. The number of nitrogens with zero attached hydrogens (tertiary/aromatic N) is 2. The standard InChI is InChI=1S/C34H37ClN4O2/c1-39-24-13-14-25(39)20-27(19-24)41-26-15-10-22(11-16-26)33-29-18-23(12-17-31(29)37-38-33)34(40)36-32(21-6-2-3-7-21)28-8-4-5-9-30(28)35/h4-5,8-12,15-18,21,24-25,27,32H,2-3,6-7,13-14,19-20H2,1H3,(H,36,40)(H,37,38). The molecule has 2 bridgehead atoms. The van der Waals surface area contributed by atoms with Crippen molar-refractivity contribution in [3.05, 3.63) is 82.9 Å². The molecule has 0 radical (unpaired) electrons. The van der Waals surface area contributed by atoms with Crippen molar-refractivity contribution in [2.24, 2.45) is 5.92 Å². The number of aromatic nitrogens is 2. The monoisotopic (exact) mass is 568 g/mol. The van der Waals surface area contributed by atoms with Gasteiger partial charge in [-0.25, -0.2) is 0 Å². The number of piperidine rings is 1. The number of halogens is 1. The second-order valence-corrected chi connectivity index (χ2v) is 12.5. The number of H-pyrrole nitrogens is 1. The van der Waals surface area contributed by atoms with Crippen LogP contribution in [0.15, 0.2) is 66.7 Å². The van der Waals surface area contributed by atoms with Crippen LogP contribution in [0.3, 0.4) is 0 Å². The number of hydrogen-bond donors (Lipinski definition) is 2. The van der Waals surface area contributed by atoms with Gasteiger partial charge in [0.1, 0.15) is 11.9 Å². The summed E-state index contributed by atoms with van der Waals surface area (Å²) < 4.78 is 6.40. The Bertz CT molecular complexity index is 1530. The van der Waals surface area contributed by atoms with Gasteiger partial charge in [0.15, 0.2) is 0 Å². The number of carbonyl (C=O) groups excluding carboxylic acids is 1. The maximum Gasteiger partial charge on any atom is 0.251 e. The predicted molar refractivity (Wildman–Crippen MR) is 163 cm³/mol. The lowest BCUT2D eigenvalue weighted by molar-refractivity contribution is 0.0662. The maximum absolute atomic E-state index is 13.6. The van der Waals surface area contributed by atoms with Crippen molar-refractivity contribution in [1.82, 2.24) is 20.4 Å². The first-order valence-corrected chi connectivity index (χ1v) is 15.4. The number of nitrogens with one attached hydrogen (secondary N) is 2. The van der Waals surface area contributed by atoms with Gasteiger partial charge in [-0.05, 0) is 106 Å². The van der Waals surface area contributed by atoms with Crippen molar-refractivity contribution in [1.29, 1.82) is 0 Å². The van der Waals surface area contributed by atoms with Gasteiger partial charge in [0, 0.05) is 33.6 Å². The van der Waals surface area contributed by atoms with Crippen LogP contribution in [0, 0.1) is 5.92 Å². The smallest absolute Gasteiger partial charge is 0.251 e. The molecule has 4 aromatic rings. The molecular formula is C34H37ClN4O2. The molecule has 6 nitrogen and oxygen atoms in total. The van der Waals surface area contributed by atoms with Crippen LogP contribution in [0.1, 0.15) is 73.3 Å². The third-order valence-electron chi connectivity index (χ3n) is 9.71. The average molecular weight is 569 g/mol. The average Bonchev–Trinajstić information content (AvgIpc) is 3.71. The van der Waals surface area contributed by atoms with Crippen LogP contribution in [0.5, 0.6) is 5.75 Å². The van der Waals surface area contributed by atoms with E-state index < -0.39 is 0 Å². The molecule has 3 fully saturated rings. The van der Waals surface area contributed by atoms with Gasteiger partial charge in [-0.3, -0.25) is 9.89 Å². The zero-order chi connectivity index (χ0) is 27.9. The number of benzene rings is 3. The lowest BCUT2D eigenvalue weighted by Gasteiger charge is -2.36. The minimum Gasteiger partial charge on any atom is -0.490 e. The number of aromatic amines is 1. The largest absolute Gasteiger partial charge is 0.490 e. The molecule has 0 spiro atoms. The third kappa shape index (κ3) is 5.24. The molecule has 1 aromatic heterocycles. The van der Waals surface area contributed by atoms with E-state index in [1.165, 1.54) is 25.7 Å². The van der Waals surface area contributed by atoms with Crippen molar-refractivity contribution in [2.45, 2.75) is 75.6 Å². The zero-order valence-electron chi connectivity index (χ0n) is 23.5. The van der Waals surface area contributed by atoms with Gasteiger partial charge in [0.2, 0.25) is 0 Å². The molecule has 1 saturated carbocycles. The molecule has 2 N–H and O–H groups in total. The molecule has 1 amide bonds. The molecule has 3 unspecified atom stereocenters. The minimum atomic E-state index is -0.106. The summed E-state index contributed by atoms with van der Waals surface area (Å²) in [6, 6.07) is 23.0. The fourth-order valence-corrected chi connectivity index (χ4v) is 7.66. The Kier molecular flexibility index (Phi) is 7.21. The summed E-state index contributed by atoms with van der Waals surface area (Å²) in [5, 5.41) is 12.7. The highest BCUT2D eigenvalue weighted by molar-refractivity contribution is 6.31. The number of ether oxygens (including phenoxy) is 1. The van der Waals surface area contributed by atoms with Gasteiger partial charge in [-0.2, -0.15) is 5.10 Å². The Balaban J connectivity index is 1.10. The van der Waals surface area contributed by atoms with E-state index in [4.69, 9.17) is 16.3 Å². The second kappa shape index (κ2) is 11.1. The van der Waals surface area contributed by atoms with E-state index in [1.54, 1.807) is 0 Å². The molecular weight excluding hydrogens is 532 g/mol. The third-order valence-corrected chi connectivity index (χ3v) is 10.1. The van der Waals surface area contributed by atoms with Crippen molar-refractivity contribution < 1.29 is 9.53 Å². The molecule has 3 heterocycles. The van der Waals surface area contributed by atoms with Gasteiger partial charge >= 0.3 is 0 Å². The van der Waals surface area contributed by atoms with Gasteiger partial charge < -0.3 is 15.0 Å². The summed E-state index contributed by atoms with van der Waals surface area (Å²) in [5.74, 6) is 1.20. The number of carbonyl (C=O) groups is 1. The number of amides is 1. The molecule has 3 aliphatic rings. The van der Waals surface area contributed by atoms with Crippen LogP contribution in [-0.2, 0) is 0 Å². The molecule has 212 valence electrons. The zero-order valence-corrected chi connectivity index (χ0v) is 24.2. The van der Waals surface area contributed by atoms with E-state index in [2.05, 4.69) is 39.6 Å². The summed E-state index contributed by atoms with van der Waals surface area (Å²) in [5.41, 5.74) is 4.33. The first-order chi connectivity index (χ1) is 20.0. The highest BCUT2D eigenvalue weighted by Crippen LogP contribution is 2.39. The fraction of sp³-hybridized carbons (Fsp3) is 0.412. The van der Waals surface area contributed by atoms with Crippen molar-refractivity contribution in [3.8, 4) is 17.0 Å². The summed E-state index contributed by atoms with van der Waals surface area (Å²) in [6.45, 7) is 0. The summed E-state index contributed by atoms with van der Waals surface area (Å²) >= 11 is 6.59. The first-order valence-electron chi connectivity index (χ1n) is 15.1. The quantitative estimate of drug-likeness (QED) is 0.241. The molecule has 2 saturated heterocycles. The van der Waals surface area contributed by atoms with Gasteiger partial charge in [0.05, 0.1) is 17.3 Å². The van der Waals surface area contributed by atoms with Crippen LogP contribution in [0.25, 0.3) is 22.2 Å². The Labute approximate surface area is 246 Å². The Morgan fingerprint density at radius 1 is 1.00 bits per heavy atom. The van der Waals surface area contributed by atoms with Gasteiger partial charge in [-0.1, -0.05) is 42.6 Å². The van der Waals surface area contributed by atoms with Gasteiger partial charge in [-0.15, -0.1) is 0 Å². The van der Waals surface area contributed by atoms with Crippen LogP contribution in [-0.4, -0.2) is 46.2 Å². The van der Waals surface area contributed by atoms with E-state index in [0.29, 0.717) is 28.6 Å². The molecule has 41 heavy (non-hydrogen) atoms. The minimum absolute atomic E-state index is 0.0910. The lowest BCUT2D eigenvalue weighted by Crippen LogP contribution is -2.43. The Hall–Kier alpha value is -3.35. The summed E-state index contributed by atoms with van der Waals surface area (Å²) in [6.07, 6.45) is 9.62. The number of hydrogen-bond acceptors (Lipinski definition) is 4. The Morgan fingerprint density at radius 2 is 1.73 bits per heavy atom. The predicted octanol–water partition coefficient (Wildman–Crippen LogP) is 7.55. The summed E-state index contributed by atoms with van der Waals surface area (Å²) in [7, 11) is 2.25. The van der Waals surface area contributed by atoms with Crippen LogP contribution in [0.2, 0.25) is 5.02 Å². The molecule has 7 heteroatoms. The van der Waals surface area contributed by atoms with Crippen LogP contribution < -0.4 is 10.1 Å². The molecule has 3 atom stereocenters. The molecule has 3 aromatic carbocycles.